The van der Waals surface area contributed by atoms with Gasteiger partial charge in [0.2, 0.25) is 0 Å². The second kappa shape index (κ2) is 8.52. The van der Waals surface area contributed by atoms with E-state index in [1.54, 1.807) is 0 Å². The summed E-state index contributed by atoms with van der Waals surface area (Å²) in [6, 6.07) is 0. The number of rotatable bonds is 7. The average molecular weight is 255 g/mol. The van der Waals surface area contributed by atoms with Crippen LogP contribution in [0.5, 0.6) is 0 Å². The van der Waals surface area contributed by atoms with E-state index in [2.05, 4.69) is 18.7 Å². The first kappa shape index (κ1) is 15.5. The highest BCUT2D eigenvalue weighted by molar-refractivity contribution is 5.72. The van der Waals surface area contributed by atoms with Crippen LogP contribution in [-0.4, -0.2) is 37.6 Å². The molecule has 0 aromatic heterocycles. The van der Waals surface area contributed by atoms with Gasteiger partial charge in [0.25, 0.3) is 0 Å². The van der Waals surface area contributed by atoms with Gasteiger partial charge in [0.15, 0.2) is 0 Å². The molecule has 18 heavy (non-hydrogen) atoms. The van der Waals surface area contributed by atoms with Crippen LogP contribution >= 0.6 is 0 Å². The summed E-state index contributed by atoms with van der Waals surface area (Å²) in [7, 11) is 1.50. The molecule has 106 valence electrons. The van der Waals surface area contributed by atoms with Crippen LogP contribution in [0.2, 0.25) is 0 Å². The number of esters is 1. The Hall–Kier alpha value is -0.570. The fourth-order valence-corrected chi connectivity index (χ4v) is 2.86. The number of likely N-dealkylation sites (tertiary alicyclic amines) is 1. The Morgan fingerprint density at radius 1 is 1.44 bits per heavy atom. The van der Waals surface area contributed by atoms with Gasteiger partial charge in [-0.2, -0.15) is 0 Å². The van der Waals surface area contributed by atoms with Gasteiger partial charge in [-0.3, -0.25) is 4.79 Å². The van der Waals surface area contributed by atoms with E-state index >= 15 is 0 Å². The largest absolute Gasteiger partial charge is 0.469 e. The zero-order chi connectivity index (χ0) is 13.4. The second-order valence-electron chi connectivity index (χ2n) is 5.54. The lowest BCUT2D eigenvalue weighted by atomic mass is 9.94. The van der Waals surface area contributed by atoms with Gasteiger partial charge in [-0.25, -0.2) is 0 Å². The highest BCUT2D eigenvalue weighted by Crippen LogP contribution is 2.21. The lowest BCUT2D eigenvalue weighted by Crippen LogP contribution is -2.41. The van der Waals surface area contributed by atoms with Crippen LogP contribution in [0.25, 0.3) is 0 Å². The molecule has 0 aromatic carbocycles. The number of methoxy groups -OCH3 is 1. The van der Waals surface area contributed by atoms with Crippen molar-refractivity contribution in [1.29, 1.82) is 0 Å². The van der Waals surface area contributed by atoms with Gasteiger partial charge in [-0.15, -0.1) is 0 Å². The molecule has 0 radical (unpaired) electrons. The second-order valence-corrected chi connectivity index (χ2v) is 5.54. The summed E-state index contributed by atoms with van der Waals surface area (Å²) in [6.07, 6.45) is 7.30. The molecule has 1 rings (SSSR count). The molecule has 3 heteroatoms. The fourth-order valence-electron chi connectivity index (χ4n) is 2.86. The van der Waals surface area contributed by atoms with Crippen LogP contribution in [0.3, 0.4) is 0 Å². The smallest absolute Gasteiger partial charge is 0.309 e. The number of hydrogen-bond donors (Lipinski definition) is 0. The van der Waals surface area contributed by atoms with Crippen molar-refractivity contribution < 1.29 is 9.53 Å². The number of carbonyl (C=O) groups is 1. The molecule has 3 nitrogen and oxygen atoms in total. The number of carbonyl (C=O) groups excluding carboxylic acids is 1. The molecule has 1 aliphatic rings. The Morgan fingerprint density at radius 3 is 2.83 bits per heavy atom. The minimum atomic E-state index is -0.0266. The summed E-state index contributed by atoms with van der Waals surface area (Å²) in [5.74, 6) is 0.870. The lowest BCUT2D eigenvalue weighted by molar-refractivity contribution is -0.147. The van der Waals surface area contributed by atoms with E-state index in [1.165, 1.54) is 32.8 Å². The van der Waals surface area contributed by atoms with E-state index in [9.17, 15) is 4.79 Å². The Balaban J connectivity index is 2.38. The molecular formula is C15H29NO2. The first-order valence-corrected chi connectivity index (χ1v) is 7.51. The molecule has 0 spiro atoms. The van der Waals surface area contributed by atoms with E-state index in [4.69, 9.17) is 4.74 Å². The molecule has 0 bridgehead atoms. The van der Waals surface area contributed by atoms with Gasteiger partial charge >= 0.3 is 5.97 Å². The molecule has 1 aliphatic heterocycles. The minimum Gasteiger partial charge on any atom is -0.469 e. The molecule has 1 saturated heterocycles. The summed E-state index contributed by atoms with van der Waals surface area (Å²) in [4.78, 5) is 14.1. The molecule has 0 saturated carbocycles. The molecule has 0 aromatic rings. The standard InChI is InChI=1S/C15H29NO2/c1-4-6-8-13(5-2)11-16-10-7-9-14(12-16)15(17)18-3/h13-14H,4-12H2,1-3H3/t13?,14-/m0/s1. The number of ether oxygens (including phenoxy) is 1. The average Bonchev–Trinajstić information content (AvgIpc) is 2.42. The predicted molar refractivity (Wildman–Crippen MR) is 74.5 cm³/mol. The maximum Gasteiger partial charge on any atom is 0.309 e. The zero-order valence-corrected chi connectivity index (χ0v) is 12.3. The first-order valence-electron chi connectivity index (χ1n) is 7.51. The molecule has 1 unspecified atom stereocenters. The maximum atomic E-state index is 11.6. The third-order valence-electron chi connectivity index (χ3n) is 4.10. The Morgan fingerprint density at radius 2 is 2.22 bits per heavy atom. The van der Waals surface area contributed by atoms with Crippen LogP contribution in [-0.2, 0) is 9.53 Å². The van der Waals surface area contributed by atoms with Crippen LogP contribution in [0.1, 0.15) is 52.4 Å². The van der Waals surface area contributed by atoms with E-state index in [0.717, 1.165) is 38.4 Å². The van der Waals surface area contributed by atoms with Crippen molar-refractivity contribution in [2.24, 2.45) is 11.8 Å². The van der Waals surface area contributed by atoms with Gasteiger partial charge in [-0.1, -0.05) is 33.1 Å². The van der Waals surface area contributed by atoms with Gasteiger partial charge in [0.1, 0.15) is 0 Å². The molecule has 0 amide bonds. The molecule has 1 heterocycles. The van der Waals surface area contributed by atoms with Gasteiger partial charge < -0.3 is 9.64 Å². The fraction of sp³-hybridized carbons (Fsp3) is 0.933. The van der Waals surface area contributed by atoms with Crippen molar-refractivity contribution in [2.45, 2.75) is 52.4 Å². The van der Waals surface area contributed by atoms with E-state index in [-0.39, 0.29) is 11.9 Å². The Bertz CT molecular complexity index is 243. The summed E-state index contributed by atoms with van der Waals surface area (Å²) < 4.78 is 4.87. The summed E-state index contributed by atoms with van der Waals surface area (Å²) in [5, 5.41) is 0. The molecule has 1 fully saturated rings. The Kier molecular flexibility index (Phi) is 7.33. The summed E-state index contributed by atoms with van der Waals surface area (Å²) >= 11 is 0. The first-order chi connectivity index (χ1) is 8.71. The summed E-state index contributed by atoms with van der Waals surface area (Å²) in [5.41, 5.74) is 0. The van der Waals surface area contributed by atoms with Crippen molar-refractivity contribution in [3.63, 3.8) is 0 Å². The van der Waals surface area contributed by atoms with Crippen molar-refractivity contribution in [1.82, 2.24) is 4.90 Å². The Labute approximate surface area is 112 Å². The molecule has 2 atom stereocenters. The number of unbranched alkanes of at least 4 members (excludes halogenated alkanes) is 1. The van der Waals surface area contributed by atoms with Gasteiger partial charge in [0, 0.05) is 13.1 Å². The molecular weight excluding hydrogens is 226 g/mol. The quantitative estimate of drug-likeness (QED) is 0.655. The normalized spacial score (nSPS) is 22.7. The molecule has 0 aliphatic carbocycles. The lowest BCUT2D eigenvalue weighted by Gasteiger charge is -2.33. The van der Waals surface area contributed by atoms with Crippen molar-refractivity contribution in [3.8, 4) is 0 Å². The monoisotopic (exact) mass is 255 g/mol. The molecule has 0 N–H and O–H groups in total. The minimum absolute atomic E-state index is 0.0266. The summed E-state index contributed by atoms with van der Waals surface area (Å²) in [6.45, 7) is 7.73. The van der Waals surface area contributed by atoms with Gasteiger partial charge in [0.05, 0.1) is 13.0 Å². The van der Waals surface area contributed by atoms with Crippen LogP contribution in [0, 0.1) is 11.8 Å². The highest BCUT2D eigenvalue weighted by Gasteiger charge is 2.27. The number of nitrogens with zero attached hydrogens (tertiary/aromatic N) is 1. The van der Waals surface area contributed by atoms with E-state index in [1.807, 2.05) is 0 Å². The number of piperidine rings is 1. The van der Waals surface area contributed by atoms with Crippen LogP contribution < -0.4 is 0 Å². The van der Waals surface area contributed by atoms with Crippen molar-refractivity contribution in [3.05, 3.63) is 0 Å². The van der Waals surface area contributed by atoms with Gasteiger partial charge in [-0.05, 0) is 31.7 Å². The van der Waals surface area contributed by atoms with Crippen LogP contribution in [0.4, 0.5) is 0 Å². The highest BCUT2D eigenvalue weighted by atomic mass is 16.5. The third kappa shape index (κ3) is 4.97. The third-order valence-corrected chi connectivity index (χ3v) is 4.10. The maximum absolute atomic E-state index is 11.6. The predicted octanol–water partition coefficient (Wildman–Crippen LogP) is 3.09. The van der Waals surface area contributed by atoms with Crippen molar-refractivity contribution in [2.75, 3.05) is 26.7 Å². The topological polar surface area (TPSA) is 29.5 Å². The number of hydrogen-bond acceptors (Lipinski definition) is 3. The van der Waals surface area contributed by atoms with E-state index in [0.29, 0.717) is 0 Å². The SMILES string of the molecule is CCCCC(CC)CN1CCC[C@H](C(=O)OC)C1. The zero-order valence-electron chi connectivity index (χ0n) is 12.3. The van der Waals surface area contributed by atoms with Crippen molar-refractivity contribution >= 4 is 5.97 Å². The van der Waals surface area contributed by atoms with E-state index < -0.39 is 0 Å². The van der Waals surface area contributed by atoms with Crippen LogP contribution in [0.15, 0.2) is 0 Å².